The summed E-state index contributed by atoms with van der Waals surface area (Å²) in [7, 11) is 0. The summed E-state index contributed by atoms with van der Waals surface area (Å²) in [4.78, 5) is 10.7. The zero-order valence-corrected chi connectivity index (χ0v) is 11.2. The van der Waals surface area contributed by atoms with Gasteiger partial charge in [-0.2, -0.15) is 0 Å². The quantitative estimate of drug-likeness (QED) is 0.656. The number of nitro groups is 1. The zero-order valence-electron chi connectivity index (χ0n) is 11.2. The lowest BCUT2D eigenvalue weighted by Gasteiger charge is -2.22. The molecule has 0 spiro atoms. The number of ether oxygens (including phenoxy) is 1. The van der Waals surface area contributed by atoms with Crippen molar-refractivity contribution in [3.8, 4) is 5.75 Å². The van der Waals surface area contributed by atoms with E-state index in [0.717, 1.165) is 19.5 Å². The number of rotatable bonds is 5. The third-order valence-electron chi connectivity index (χ3n) is 3.57. The summed E-state index contributed by atoms with van der Waals surface area (Å²) in [5.74, 6) is 1.01. The van der Waals surface area contributed by atoms with Crippen LogP contribution in [0.2, 0.25) is 0 Å². The maximum Gasteiger partial charge on any atom is 0.313 e. The molecule has 0 amide bonds. The molecule has 19 heavy (non-hydrogen) atoms. The van der Waals surface area contributed by atoms with Gasteiger partial charge in [0.05, 0.1) is 11.5 Å². The monoisotopic (exact) mass is 264 g/mol. The third-order valence-corrected chi connectivity index (χ3v) is 3.57. The topological polar surface area (TPSA) is 64.4 Å². The standard InChI is InChI=1S/C14H20N2O3/c1-11-4-2-6-13(14(11)16(17)18)19-9-7-12-5-3-8-15-10-12/h2,4,6,12,15H,3,5,7-10H2,1H3. The molecule has 5 nitrogen and oxygen atoms in total. The Kier molecular flexibility index (Phi) is 4.74. The number of hydrogen-bond acceptors (Lipinski definition) is 4. The number of piperidine rings is 1. The second-order valence-electron chi connectivity index (χ2n) is 5.03. The van der Waals surface area contributed by atoms with Gasteiger partial charge < -0.3 is 10.1 Å². The van der Waals surface area contributed by atoms with Gasteiger partial charge >= 0.3 is 5.69 Å². The molecule has 104 valence electrons. The molecule has 1 fully saturated rings. The van der Waals surface area contributed by atoms with Gasteiger partial charge in [0.2, 0.25) is 0 Å². The van der Waals surface area contributed by atoms with E-state index in [2.05, 4.69) is 5.32 Å². The smallest absolute Gasteiger partial charge is 0.313 e. The zero-order chi connectivity index (χ0) is 13.7. The molecule has 0 aromatic heterocycles. The van der Waals surface area contributed by atoms with Crippen LogP contribution in [0.1, 0.15) is 24.8 Å². The van der Waals surface area contributed by atoms with Crippen molar-refractivity contribution < 1.29 is 9.66 Å². The normalized spacial score (nSPS) is 19.1. The Bertz CT molecular complexity index is 442. The Balaban J connectivity index is 1.92. The van der Waals surface area contributed by atoms with E-state index in [1.807, 2.05) is 0 Å². The number of nitrogens with one attached hydrogen (secondary N) is 1. The molecule has 1 aromatic carbocycles. The first-order valence-corrected chi connectivity index (χ1v) is 6.76. The first kappa shape index (κ1) is 13.8. The molecule has 0 radical (unpaired) electrons. The van der Waals surface area contributed by atoms with Gasteiger partial charge in [-0.15, -0.1) is 0 Å². The minimum atomic E-state index is -0.368. The first-order chi connectivity index (χ1) is 9.18. The number of nitro benzene ring substituents is 1. The van der Waals surface area contributed by atoms with Crippen molar-refractivity contribution in [2.24, 2.45) is 5.92 Å². The van der Waals surface area contributed by atoms with E-state index in [1.165, 1.54) is 12.8 Å². The number of hydrogen-bond donors (Lipinski definition) is 1. The molecule has 1 aliphatic heterocycles. The van der Waals surface area contributed by atoms with Crippen LogP contribution in [0.15, 0.2) is 18.2 Å². The van der Waals surface area contributed by atoms with Crippen molar-refractivity contribution in [3.63, 3.8) is 0 Å². The van der Waals surface area contributed by atoms with Crippen LogP contribution in [-0.2, 0) is 0 Å². The predicted octanol–water partition coefficient (Wildman–Crippen LogP) is 2.67. The molecule has 1 N–H and O–H groups in total. The highest BCUT2D eigenvalue weighted by molar-refractivity contribution is 5.51. The largest absolute Gasteiger partial charge is 0.487 e. The van der Waals surface area contributed by atoms with Crippen LogP contribution >= 0.6 is 0 Å². The van der Waals surface area contributed by atoms with E-state index in [0.29, 0.717) is 23.8 Å². The fourth-order valence-corrected chi connectivity index (χ4v) is 2.49. The van der Waals surface area contributed by atoms with Crippen LogP contribution in [0.4, 0.5) is 5.69 Å². The summed E-state index contributed by atoms with van der Waals surface area (Å²) < 4.78 is 5.61. The van der Waals surface area contributed by atoms with Gasteiger partial charge in [-0.3, -0.25) is 10.1 Å². The molecule has 1 aromatic rings. The fraction of sp³-hybridized carbons (Fsp3) is 0.571. The van der Waals surface area contributed by atoms with E-state index < -0.39 is 0 Å². The minimum Gasteiger partial charge on any atom is -0.487 e. The average Bonchev–Trinajstić information content (AvgIpc) is 2.39. The Morgan fingerprint density at radius 3 is 3.05 bits per heavy atom. The fourth-order valence-electron chi connectivity index (χ4n) is 2.49. The molecule has 1 saturated heterocycles. The second-order valence-corrected chi connectivity index (χ2v) is 5.03. The highest BCUT2D eigenvalue weighted by atomic mass is 16.6. The van der Waals surface area contributed by atoms with Crippen molar-refractivity contribution in [2.45, 2.75) is 26.2 Å². The molecule has 0 bridgehead atoms. The maximum absolute atomic E-state index is 11.0. The van der Waals surface area contributed by atoms with Crippen LogP contribution in [0, 0.1) is 23.0 Å². The van der Waals surface area contributed by atoms with Gasteiger partial charge in [-0.05, 0) is 51.3 Å². The molecule has 0 aliphatic carbocycles. The van der Waals surface area contributed by atoms with Crippen LogP contribution in [0.3, 0.4) is 0 Å². The van der Waals surface area contributed by atoms with Crippen molar-refractivity contribution in [3.05, 3.63) is 33.9 Å². The van der Waals surface area contributed by atoms with E-state index in [-0.39, 0.29) is 10.6 Å². The van der Waals surface area contributed by atoms with Gasteiger partial charge in [-0.1, -0.05) is 12.1 Å². The number of benzene rings is 1. The number of nitrogens with zero attached hydrogens (tertiary/aromatic N) is 1. The molecule has 1 heterocycles. The highest BCUT2D eigenvalue weighted by Gasteiger charge is 2.19. The molecule has 1 aliphatic rings. The van der Waals surface area contributed by atoms with Crippen molar-refractivity contribution in [1.82, 2.24) is 5.32 Å². The molecule has 1 atom stereocenters. The average molecular weight is 264 g/mol. The van der Waals surface area contributed by atoms with E-state index in [1.54, 1.807) is 25.1 Å². The van der Waals surface area contributed by atoms with Gasteiger partial charge in [0.25, 0.3) is 0 Å². The van der Waals surface area contributed by atoms with Crippen molar-refractivity contribution in [1.29, 1.82) is 0 Å². The molecule has 5 heteroatoms. The summed E-state index contributed by atoms with van der Waals surface area (Å²) in [5, 5.41) is 14.4. The van der Waals surface area contributed by atoms with Gasteiger partial charge in [0.15, 0.2) is 5.75 Å². The van der Waals surface area contributed by atoms with Gasteiger partial charge in [0, 0.05) is 5.56 Å². The lowest BCUT2D eigenvalue weighted by Crippen LogP contribution is -2.30. The Labute approximate surface area is 113 Å². The van der Waals surface area contributed by atoms with Crippen LogP contribution in [0.5, 0.6) is 5.75 Å². The van der Waals surface area contributed by atoms with Crippen LogP contribution in [0.25, 0.3) is 0 Å². The van der Waals surface area contributed by atoms with Crippen molar-refractivity contribution >= 4 is 5.69 Å². The summed E-state index contributed by atoms with van der Waals surface area (Å²) in [6, 6.07) is 5.19. The second kappa shape index (κ2) is 6.52. The lowest BCUT2D eigenvalue weighted by molar-refractivity contribution is -0.386. The van der Waals surface area contributed by atoms with E-state index in [4.69, 9.17) is 4.74 Å². The minimum absolute atomic E-state index is 0.0873. The van der Waals surface area contributed by atoms with E-state index in [9.17, 15) is 10.1 Å². The summed E-state index contributed by atoms with van der Waals surface area (Å²) in [5.41, 5.74) is 0.728. The third kappa shape index (κ3) is 3.67. The lowest BCUT2D eigenvalue weighted by atomic mass is 9.97. The molecule has 0 saturated carbocycles. The summed E-state index contributed by atoms with van der Waals surface area (Å²) >= 11 is 0. The van der Waals surface area contributed by atoms with Crippen LogP contribution < -0.4 is 10.1 Å². The molecule has 2 rings (SSSR count). The Morgan fingerprint density at radius 1 is 1.53 bits per heavy atom. The SMILES string of the molecule is Cc1cccc(OCCC2CCCNC2)c1[N+](=O)[O-]. The maximum atomic E-state index is 11.0. The molecular weight excluding hydrogens is 244 g/mol. The van der Waals surface area contributed by atoms with Crippen molar-refractivity contribution in [2.75, 3.05) is 19.7 Å². The number of aryl methyl sites for hydroxylation is 1. The van der Waals surface area contributed by atoms with Gasteiger partial charge in [-0.25, -0.2) is 0 Å². The highest BCUT2D eigenvalue weighted by Crippen LogP contribution is 2.30. The Morgan fingerprint density at radius 2 is 2.37 bits per heavy atom. The predicted molar refractivity (Wildman–Crippen MR) is 73.5 cm³/mol. The first-order valence-electron chi connectivity index (χ1n) is 6.76. The summed E-state index contributed by atoms with van der Waals surface area (Å²) in [6.45, 7) is 4.40. The molecule has 1 unspecified atom stereocenters. The summed E-state index contributed by atoms with van der Waals surface area (Å²) in [6.07, 6.45) is 3.36. The number of para-hydroxylation sites is 1. The Hall–Kier alpha value is -1.62. The molecular formula is C14H20N2O3. The van der Waals surface area contributed by atoms with Gasteiger partial charge in [0.1, 0.15) is 0 Å². The van der Waals surface area contributed by atoms with E-state index >= 15 is 0 Å². The van der Waals surface area contributed by atoms with Crippen LogP contribution in [-0.4, -0.2) is 24.6 Å².